The Labute approximate surface area is 118 Å². The third-order valence-electron chi connectivity index (χ3n) is 3.29. The number of hydrogen-bond acceptors (Lipinski definition) is 5. The number of aliphatic hydroxyl groups is 1. The van der Waals surface area contributed by atoms with Crippen molar-refractivity contribution < 1.29 is 9.90 Å². The van der Waals surface area contributed by atoms with Crippen molar-refractivity contribution in [2.45, 2.75) is 26.0 Å². The first-order valence-electron chi connectivity index (χ1n) is 6.84. The zero-order chi connectivity index (χ0) is 14.8. The maximum atomic E-state index is 12.1. The van der Waals surface area contributed by atoms with E-state index in [0.29, 0.717) is 25.3 Å². The average Bonchev–Trinajstić information content (AvgIpc) is 2.73. The van der Waals surface area contributed by atoms with Crippen LogP contribution in [0.2, 0.25) is 0 Å². The molecule has 1 aromatic heterocycles. The molecule has 7 heteroatoms. The molecule has 20 heavy (non-hydrogen) atoms. The van der Waals surface area contributed by atoms with Crippen LogP contribution >= 0.6 is 0 Å². The number of β-amino-alcohol motifs (C(OH)–C–C–N with tert-alkyl or cyclic N) is 1. The van der Waals surface area contributed by atoms with E-state index in [1.165, 1.54) is 6.20 Å². The molecule has 112 valence electrons. The topological polar surface area (TPSA) is 87.6 Å². The molecule has 0 aliphatic carbocycles. The molecule has 1 amide bonds. The zero-order valence-corrected chi connectivity index (χ0v) is 12.1. The summed E-state index contributed by atoms with van der Waals surface area (Å²) >= 11 is 0. The summed E-state index contributed by atoms with van der Waals surface area (Å²) in [5.74, 6) is 0.0519. The van der Waals surface area contributed by atoms with Crippen LogP contribution in [0.5, 0.6) is 0 Å². The van der Waals surface area contributed by atoms with E-state index in [2.05, 4.69) is 10.00 Å². The lowest BCUT2D eigenvalue weighted by Gasteiger charge is -2.37. The summed E-state index contributed by atoms with van der Waals surface area (Å²) in [6.45, 7) is 7.40. The minimum atomic E-state index is -0.696. The third-order valence-corrected chi connectivity index (χ3v) is 3.29. The van der Waals surface area contributed by atoms with Crippen LogP contribution in [-0.2, 0) is 11.3 Å². The van der Waals surface area contributed by atoms with Gasteiger partial charge >= 0.3 is 0 Å². The first kappa shape index (κ1) is 14.8. The van der Waals surface area contributed by atoms with Crippen molar-refractivity contribution in [3.05, 3.63) is 12.4 Å². The summed E-state index contributed by atoms with van der Waals surface area (Å²) in [5.41, 5.74) is 5.44. The maximum absolute atomic E-state index is 12.1. The molecule has 3 N–H and O–H groups in total. The lowest BCUT2D eigenvalue weighted by atomic mass is 10.1. The second-order valence-corrected chi connectivity index (χ2v) is 5.94. The van der Waals surface area contributed by atoms with Crippen LogP contribution in [0.15, 0.2) is 12.4 Å². The number of rotatable bonds is 4. The fraction of sp³-hybridized carbons (Fsp3) is 0.692. The molecule has 1 aliphatic rings. The van der Waals surface area contributed by atoms with Gasteiger partial charge in [-0.15, -0.1) is 0 Å². The van der Waals surface area contributed by atoms with E-state index < -0.39 is 5.60 Å². The summed E-state index contributed by atoms with van der Waals surface area (Å²) in [5, 5.41) is 13.8. The highest BCUT2D eigenvalue weighted by Crippen LogP contribution is 2.09. The third kappa shape index (κ3) is 4.21. The van der Waals surface area contributed by atoms with E-state index in [1.807, 2.05) is 4.90 Å². The van der Waals surface area contributed by atoms with E-state index in [4.69, 9.17) is 5.73 Å². The van der Waals surface area contributed by atoms with Crippen LogP contribution < -0.4 is 5.73 Å². The number of nitrogen functional groups attached to an aromatic ring is 1. The van der Waals surface area contributed by atoms with Crippen LogP contribution in [0.4, 0.5) is 5.69 Å². The second kappa shape index (κ2) is 5.80. The lowest BCUT2D eigenvalue weighted by Crippen LogP contribution is -2.52. The Balaban J connectivity index is 1.80. The number of carbonyl (C=O) groups is 1. The maximum Gasteiger partial charge on any atom is 0.244 e. The highest BCUT2D eigenvalue weighted by molar-refractivity contribution is 5.76. The fourth-order valence-electron chi connectivity index (χ4n) is 2.41. The molecule has 7 nitrogen and oxygen atoms in total. The van der Waals surface area contributed by atoms with E-state index in [9.17, 15) is 9.90 Å². The molecule has 2 heterocycles. The van der Waals surface area contributed by atoms with Crippen LogP contribution in [0.25, 0.3) is 0 Å². The Hall–Kier alpha value is -1.60. The first-order chi connectivity index (χ1) is 9.33. The highest BCUT2D eigenvalue weighted by Gasteiger charge is 2.25. The van der Waals surface area contributed by atoms with Gasteiger partial charge in [0.25, 0.3) is 0 Å². The van der Waals surface area contributed by atoms with Gasteiger partial charge in [0.05, 0.1) is 17.5 Å². The van der Waals surface area contributed by atoms with Gasteiger partial charge in [-0.1, -0.05) is 0 Å². The minimum absolute atomic E-state index is 0.0519. The van der Waals surface area contributed by atoms with Crippen molar-refractivity contribution in [2.75, 3.05) is 38.5 Å². The monoisotopic (exact) mass is 281 g/mol. The molecule has 0 atom stereocenters. The normalized spacial score (nSPS) is 17.4. The molecule has 0 bridgehead atoms. The SMILES string of the molecule is CC(C)(O)CN1CCN(C(=O)Cn2cc(N)cn2)CC1. The Kier molecular flexibility index (Phi) is 4.29. The van der Waals surface area contributed by atoms with Gasteiger partial charge in [0.1, 0.15) is 6.54 Å². The van der Waals surface area contributed by atoms with E-state index in [0.717, 1.165) is 13.1 Å². The lowest BCUT2D eigenvalue weighted by molar-refractivity contribution is -0.134. The van der Waals surface area contributed by atoms with Crippen molar-refractivity contribution in [1.82, 2.24) is 19.6 Å². The van der Waals surface area contributed by atoms with E-state index >= 15 is 0 Å². The van der Waals surface area contributed by atoms with Crippen LogP contribution in [0.3, 0.4) is 0 Å². The number of hydrogen-bond donors (Lipinski definition) is 2. The van der Waals surface area contributed by atoms with Gasteiger partial charge in [-0.3, -0.25) is 14.4 Å². The van der Waals surface area contributed by atoms with Crippen molar-refractivity contribution in [2.24, 2.45) is 0 Å². The molecule has 1 aromatic rings. The van der Waals surface area contributed by atoms with Gasteiger partial charge < -0.3 is 15.7 Å². The number of anilines is 1. The predicted molar refractivity (Wildman–Crippen MR) is 76.0 cm³/mol. The summed E-state index contributed by atoms with van der Waals surface area (Å²) < 4.78 is 1.56. The molecule has 1 saturated heterocycles. The number of carbonyl (C=O) groups excluding carboxylic acids is 1. The molecule has 0 unspecified atom stereocenters. The molecular formula is C13H23N5O2. The Morgan fingerprint density at radius 2 is 2.05 bits per heavy atom. The van der Waals surface area contributed by atoms with Crippen LogP contribution in [0.1, 0.15) is 13.8 Å². The van der Waals surface area contributed by atoms with Gasteiger partial charge in [-0.05, 0) is 13.8 Å². The predicted octanol–water partition coefficient (Wildman–Crippen LogP) is -0.620. The quantitative estimate of drug-likeness (QED) is 0.768. The molecule has 0 saturated carbocycles. The smallest absolute Gasteiger partial charge is 0.244 e. The van der Waals surface area contributed by atoms with Gasteiger partial charge in [-0.2, -0.15) is 5.10 Å². The van der Waals surface area contributed by atoms with Gasteiger partial charge in [0.2, 0.25) is 5.91 Å². The average molecular weight is 281 g/mol. The zero-order valence-electron chi connectivity index (χ0n) is 12.1. The Morgan fingerprint density at radius 3 is 2.55 bits per heavy atom. The fourth-order valence-corrected chi connectivity index (χ4v) is 2.41. The Morgan fingerprint density at radius 1 is 1.40 bits per heavy atom. The van der Waals surface area contributed by atoms with Gasteiger partial charge in [0, 0.05) is 38.9 Å². The number of aromatic nitrogens is 2. The summed E-state index contributed by atoms with van der Waals surface area (Å²) in [7, 11) is 0. The van der Waals surface area contributed by atoms with Crippen molar-refractivity contribution >= 4 is 11.6 Å². The van der Waals surface area contributed by atoms with Crippen molar-refractivity contribution in [3.8, 4) is 0 Å². The number of nitrogens with zero attached hydrogens (tertiary/aromatic N) is 4. The summed E-state index contributed by atoms with van der Waals surface area (Å²) in [6, 6.07) is 0. The second-order valence-electron chi connectivity index (χ2n) is 5.94. The standard InChI is InChI=1S/C13H23N5O2/c1-13(2,20)10-16-3-5-17(6-4-16)12(19)9-18-8-11(14)7-15-18/h7-8,20H,3-6,9-10,14H2,1-2H3. The minimum Gasteiger partial charge on any atom is -0.396 e. The summed E-state index contributed by atoms with van der Waals surface area (Å²) in [4.78, 5) is 16.1. The highest BCUT2D eigenvalue weighted by atomic mass is 16.3. The van der Waals surface area contributed by atoms with Gasteiger partial charge in [-0.25, -0.2) is 0 Å². The molecule has 1 aliphatic heterocycles. The van der Waals surface area contributed by atoms with Crippen LogP contribution in [0, 0.1) is 0 Å². The molecule has 0 aromatic carbocycles. The molecule has 2 rings (SSSR count). The van der Waals surface area contributed by atoms with Crippen LogP contribution in [-0.4, -0.2) is 68.9 Å². The van der Waals surface area contributed by atoms with Crippen molar-refractivity contribution in [3.63, 3.8) is 0 Å². The number of nitrogens with two attached hydrogens (primary N) is 1. The number of amides is 1. The van der Waals surface area contributed by atoms with E-state index in [1.54, 1.807) is 24.7 Å². The van der Waals surface area contributed by atoms with Crippen molar-refractivity contribution in [1.29, 1.82) is 0 Å². The van der Waals surface area contributed by atoms with E-state index in [-0.39, 0.29) is 12.5 Å². The van der Waals surface area contributed by atoms with Gasteiger partial charge in [0.15, 0.2) is 0 Å². The number of piperazine rings is 1. The molecule has 1 fully saturated rings. The molecule has 0 spiro atoms. The largest absolute Gasteiger partial charge is 0.396 e. The molecule has 0 radical (unpaired) electrons. The molecular weight excluding hydrogens is 258 g/mol. The first-order valence-corrected chi connectivity index (χ1v) is 6.84. The summed E-state index contributed by atoms with van der Waals surface area (Å²) in [6.07, 6.45) is 3.19. The Bertz CT molecular complexity index is 458.